The van der Waals surface area contributed by atoms with E-state index in [1.165, 1.54) is 0 Å². The van der Waals surface area contributed by atoms with Crippen LogP contribution in [0.1, 0.15) is 25.1 Å². The van der Waals surface area contributed by atoms with Crippen LogP contribution < -0.4 is 5.32 Å². The first-order valence-corrected chi connectivity index (χ1v) is 6.27. The molecule has 0 saturated carbocycles. The fraction of sp³-hybridized carbons (Fsp3) is 0.462. The summed E-state index contributed by atoms with van der Waals surface area (Å²) in [5.41, 5.74) is 3.06. The highest BCUT2D eigenvalue weighted by atomic mass is 15.1. The molecule has 96 valence electrons. The molecule has 0 unspecified atom stereocenters. The van der Waals surface area contributed by atoms with Gasteiger partial charge in [0.05, 0.1) is 12.5 Å². The molecule has 2 rings (SSSR count). The number of hydrogen-bond donors (Lipinski definition) is 1. The normalized spacial score (nSPS) is 10.7. The minimum atomic E-state index is 0.730. The predicted molar refractivity (Wildman–Crippen MR) is 72.6 cm³/mol. The Bertz CT molecular complexity index is 544. The van der Waals surface area contributed by atoms with Crippen LogP contribution in [0.5, 0.6) is 0 Å². The number of hydrogen-bond acceptors (Lipinski definition) is 4. The van der Waals surface area contributed by atoms with E-state index in [4.69, 9.17) is 0 Å². The van der Waals surface area contributed by atoms with Crippen LogP contribution in [0.3, 0.4) is 0 Å². The SMILES string of the molecule is CCNc1nc(-c2cncn2CC)nc(C)c1C. The number of nitrogens with zero attached hydrogens (tertiary/aromatic N) is 4. The van der Waals surface area contributed by atoms with Gasteiger partial charge in [-0.2, -0.15) is 0 Å². The largest absolute Gasteiger partial charge is 0.370 e. The van der Waals surface area contributed by atoms with Gasteiger partial charge in [0, 0.05) is 24.3 Å². The molecule has 0 aliphatic rings. The van der Waals surface area contributed by atoms with E-state index in [1.807, 2.05) is 24.6 Å². The Balaban J connectivity index is 2.52. The molecule has 0 aliphatic heterocycles. The Hall–Kier alpha value is -1.91. The van der Waals surface area contributed by atoms with Crippen molar-refractivity contribution in [3.05, 3.63) is 23.8 Å². The zero-order valence-electron chi connectivity index (χ0n) is 11.4. The van der Waals surface area contributed by atoms with Crippen molar-refractivity contribution in [1.29, 1.82) is 0 Å². The number of nitrogens with one attached hydrogen (secondary N) is 1. The number of aromatic nitrogens is 4. The van der Waals surface area contributed by atoms with E-state index in [9.17, 15) is 0 Å². The maximum absolute atomic E-state index is 4.59. The van der Waals surface area contributed by atoms with Crippen LogP contribution in [0.2, 0.25) is 0 Å². The van der Waals surface area contributed by atoms with Gasteiger partial charge in [-0.15, -0.1) is 0 Å². The summed E-state index contributed by atoms with van der Waals surface area (Å²) in [7, 11) is 0. The van der Waals surface area contributed by atoms with Crippen molar-refractivity contribution >= 4 is 5.82 Å². The molecule has 5 nitrogen and oxygen atoms in total. The molecular formula is C13H19N5. The van der Waals surface area contributed by atoms with Crippen LogP contribution in [-0.2, 0) is 6.54 Å². The van der Waals surface area contributed by atoms with Gasteiger partial charge in [0.1, 0.15) is 11.5 Å². The molecule has 2 aromatic heterocycles. The van der Waals surface area contributed by atoms with Crippen LogP contribution in [0.25, 0.3) is 11.5 Å². The minimum Gasteiger partial charge on any atom is -0.370 e. The fourth-order valence-electron chi connectivity index (χ4n) is 1.84. The molecule has 0 fully saturated rings. The summed E-state index contributed by atoms with van der Waals surface area (Å²) < 4.78 is 2.04. The third kappa shape index (κ3) is 2.20. The van der Waals surface area contributed by atoms with Crippen molar-refractivity contribution in [2.24, 2.45) is 0 Å². The highest BCUT2D eigenvalue weighted by Gasteiger charge is 2.12. The van der Waals surface area contributed by atoms with E-state index in [-0.39, 0.29) is 0 Å². The van der Waals surface area contributed by atoms with Gasteiger partial charge in [-0.3, -0.25) is 0 Å². The molecule has 0 atom stereocenters. The highest BCUT2D eigenvalue weighted by molar-refractivity contribution is 5.56. The monoisotopic (exact) mass is 245 g/mol. The second-order valence-electron chi connectivity index (χ2n) is 4.20. The zero-order valence-corrected chi connectivity index (χ0v) is 11.4. The third-order valence-corrected chi connectivity index (χ3v) is 3.02. The second-order valence-corrected chi connectivity index (χ2v) is 4.20. The first kappa shape index (κ1) is 12.5. The molecule has 2 heterocycles. The maximum atomic E-state index is 4.59. The molecule has 18 heavy (non-hydrogen) atoms. The van der Waals surface area contributed by atoms with Gasteiger partial charge in [-0.1, -0.05) is 0 Å². The van der Waals surface area contributed by atoms with Gasteiger partial charge in [-0.05, 0) is 27.7 Å². The molecular weight excluding hydrogens is 226 g/mol. The van der Waals surface area contributed by atoms with Gasteiger partial charge in [0.15, 0.2) is 5.82 Å². The topological polar surface area (TPSA) is 55.6 Å². The van der Waals surface area contributed by atoms with E-state index < -0.39 is 0 Å². The van der Waals surface area contributed by atoms with Crippen LogP contribution >= 0.6 is 0 Å². The van der Waals surface area contributed by atoms with Crippen molar-refractivity contribution < 1.29 is 0 Å². The summed E-state index contributed by atoms with van der Waals surface area (Å²) in [4.78, 5) is 13.3. The highest BCUT2D eigenvalue weighted by Crippen LogP contribution is 2.21. The summed E-state index contributed by atoms with van der Waals surface area (Å²) in [6, 6.07) is 0. The number of rotatable bonds is 4. The first-order valence-electron chi connectivity index (χ1n) is 6.27. The van der Waals surface area contributed by atoms with Crippen molar-refractivity contribution in [2.45, 2.75) is 34.2 Å². The molecule has 0 aliphatic carbocycles. The van der Waals surface area contributed by atoms with Gasteiger partial charge in [0.2, 0.25) is 0 Å². The van der Waals surface area contributed by atoms with Gasteiger partial charge >= 0.3 is 0 Å². The average Bonchev–Trinajstić information content (AvgIpc) is 2.83. The van der Waals surface area contributed by atoms with E-state index in [0.717, 1.165) is 41.7 Å². The Labute approximate surface area is 107 Å². The molecule has 0 saturated heterocycles. The van der Waals surface area contributed by atoms with Crippen LogP contribution in [0, 0.1) is 13.8 Å². The Morgan fingerprint density at radius 3 is 2.67 bits per heavy atom. The lowest BCUT2D eigenvalue weighted by Gasteiger charge is -2.11. The summed E-state index contributed by atoms with van der Waals surface area (Å²) >= 11 is 0. The lowest BCUT2D eigenvalue weighted by molar-refractivity contribution is 0.763. The van der Waals surface area contributed by atoms with Gasteiger partial charge in [0.25, 0.3) is 0 Å². The lowest BCUT2D eigenvalue weighted by Crippen LogP contribution is -2.07. The van der Waals surface area contributed by atoms with E-state index >= 15 is 0 Å². The number of imidazole rings is 1. The molecule has 0 spiro atoms. The van der Waals surface area contributed by atoms with E-state index in [2.05, 4.69) is 34.1 Å². The van der Waals surface area contributed by atoms with Crippen molar-refractivity contribution in [3.63, 3.8) is 0 Å². The number of aryl methyl sites for hydroxylation is 2. The molecule has 0 aromatic carbocycles. The van der Waals surface area contributed by atoms with Crippen molar-refractivity contribution in [1.82, 2.24) is 19.5 Å². The molecule has 0 radical (unpaired) electrons. The van der Waals surface area contributed by atoms with Crippen molar-refractivity contribution in [3.8, 4) is 11.5 Å². The van der Waals surface area contributed by atoms with Crippen LogP contribution in [0.15, 0.2) is 12.5 Å². The summed E-state index contributed by atoms with van der Waals surface area (Å²) in [5.74, 6) is 1.64. The minimum absolute atomic E-state index is 0.730. The third-order valence-electron chi connectivity index (χ3n) is 3.02. The maximum Gasteiger partial charge on any atom is 0.180 e. The zero-order chi connectivity index (χ0) is 13.1. The Morgan fingerprint density at radius 2 is 2.00 bits per heavy atom. The standard InChI is InChI=1S/C13H19N5/c1-5-15-12-9(3)10(4)16-13(17-12)11-7-14-8-18(11)6-2/h7-8H,5-6H2,1-4H3,(H,15,16,17). The fourth-order valence-corrected chi connectivity index (χ4v) is 1.84. The first-order chi connectivity index (χ1) is 8.67. The summed E-state index contributed by atoms with van der Waals surface area (Å²) in [6.45, 7) is 9.90. The lowest BCUT2D eigenvalue weighted by atomic mass is 10.2. The van der Waals surface area contributed by atoms with Crippen LogP contribution in [0.4, 0.5) is 5.82 Å². The predicted octanol–water partition coefficient (Wildman–Crippen LogP) is 2.41. The molecule has 2 aromatic rings. The Kier molecular flexibility index (Phi) is 3.60. The summed E-state index contributed by atoms with van der Waals surface area (Å²) in [6.07, 6.45) is 3.62. The molecule has 0 amide bonds. The summed E-state index contributed by atoms with van der Waals surface area (Å²) in [5, 5.41) is 3.28. The quantitative estimate of drug-likeness (QED) is 0.898. The van der Waals surface area contributed by atoms with Crippen LogP contribution in [-0.4, -0.2) is 26.1 Å². The van der Waals surface area contributed by atoms with E-state index in [0.29, 0.717) is 0 Å². The average molecular weight is 245 g/mol. The Morgan fingerprint density at radius 1 is 1.22 bits per heavy atom. The van der Waals surface area contributed by atoms with E-state index in [1.54, 1.807) is 6.33 Å². The smallest absolute Gasteiger partial charge is 0.180 e. The molecule has 1 N–H and O–H groups in total. The van der Waals surface area contributed by atoms with Gasteiger partial charge in [-0.25, -0.2) is 15.0 Å². The molecule has 0 bridgehead atoms. The second kappa shape index (κ2) is 5.16. The van der Waals surface area contributed by atoms with Gasteiger partial charge < -0.3 is 9.88 Å². The number of anilines is 1. The molecule has 5 heteroatoms. The van der Waals surface area contributed by atoms with Crippen molar-refractivity contribution in [2.75, 3.05) is 11.9 Å².